The van der Waals surface area contributed by atoms with Crippen LogP contribution in [0.1, 0.15) is 5.56 Å². The summed E-state index contributed by atoms with van der Waals surface area (Å²) in [6, 6.07) is 27.3. The Bertz CT molecular complexity index is 771. The summed E-state index contributed by atoms with van der Waals surface area (Å²) in [4.78, 5) is 0. The van der Waals surface area contributed by atoms with E-state index in [0.717, 1.165) is 22.6 Å². The van der Waals surface area contributed by atoms with Crippen molar-refractivity contribution in [2.75, 3.05) is 0 Å². The van der Waals surface area contributed by atoms with Gasteiger partial charge in [0.25, 0.3) is 0 Å². The Morgan fingerprint density at radius 3 is 2.10 bits per heavy atom. The smallest absolute Gasteiger partial charge is 0.135 e. The third kappa shape index (κ3) is 2.93. The van der Waals surface area contributed by atoms with E-state index in [4.69, 9.17) is 10.00 Å². The first-order valence-corrected chi connectivity index (χ1v) is 6.69. The molecule has 100 valence electrons. The summed E-state index contributed by atoms with van der Waals surface area (Å²) in [6.07, 6.45) is 0. The largest absolute Gasteiger partial charge is 0.457 e. The molecule has 0 spiro atoms. The van der Waals surface area contributed by atoms with Crippen molar-refractivity contribution in [3.05, 3.63) is 84.4 Å². The number of hydrogen-bond acceptors (Lipinski definition) is 2. The first-order valence-electron chi connectivity index (χ1n) is 6.69. The summed E-state index contributed by atoms with van der Waals surface area (Å²) in [7, 11) is 0. The fourth-order valence-corrected chi connectivity index (χ4v) is 2.14. The third-order valence-electron chi connectivity index (χ3n) is 3.18. The number of hydrogen-bond donors (Lipinski definition) is 0. The van der Waals surface area contributed by atoms with E-state index in [1.165, 1.54) is 0 Å². The van der Waals surface area contributed by atoms with Crippen LogP contribution in [0, 0.1) is 11.3 Å². The Labute approximate surface area is 123 Å². The van der Waals surface area contributed by atoms with E-state index in [9.17, 15) is 0 Å². The zero-order chi connectivity index (χ0) is 14.5. The van der Waals surface area contributed by atoms with Gasteiger partial charge in [-0.1, -0.05) is 48.5 Å². The number of para-hydroxylation sites is 1. The molecule has 3 aromatic carbocycles. The van der Waals surface area contributed by atoms with Crippen LogP contribution in [-0.2, 0) is 0 Å². The van der Waals surface area contributed by atoms with Crippen molar-refractivity contribution in [1.82, 2.24) is 0 Å². The summed E-state index contributed by atoms with van der Waals surface area (Å²) >= 11 is 0. The number of nitrogens with zero attached hydrogens (tertiary/aromatic N) is 1. The standard InChI is InChI=1S/C19H13NO/c20-14-15-10-12-17(13-11-15)21-19-9-5-4-8-18(19)16-6-2-1-3-7-16/h1-13H. The molecule has 0 fully saturated rings. The van der Waals surface area contributed by atoms with Crippen molar-refractivity contribution in [1.29, 1.82) is 5.26 Å². The Kier molecular flexibility index (Phi) is 3.66. The molecule has 0 atom stereocenters. The molecule has 0 amide bonds. The van der Waals surface area contributed by atoms with Gasteiger partial charge in [0.15, 0.2) is 0 Å². The first kappa shape index (κ1) is 13.0. The lowest BCUT2D eigenvalue weighted by atomic mass is 10.0. The molecule has 0 aliphatic rings. The van der Waals surface area contributed by atoms with Crippen molar-refractivity contribution in [2.45, 2.75) is 0 Å². The van der Waals surface area contributed by atoms with Crippen LogP contribution >= 0.6 is 0 Å². The van der Waals surface area contributed by atoms with Crippen LogP contribution in [0.25, 0.3) is 11.1 Å². The Balaban J connectivity index is 1.94. The van der Waals surface area contributed by atoms with E-state index in [2.05, 4.69) is 18.2 Å². The monoisotopic (exact) mass is 271 g/mol. The van der Waals surface area contributed by atoms with E-state index in [1.54, 1.807) is 24.3 Å². The lowest BCUT2D eigenvalue weighted by Crippen LogP contribution is -1.88. The molecule has 0 bridgehead atoms. The maximum absolute atomic E-state index is 8.82. The lowest BCUT2D eigenvalue weighted by molar-refractivity contribution is 0.484. The fraction of sp³-hybridized carbons (Fsp3) is 0. The van der Waals surface area contributed by atoms with Crippen LogP contribution in [0.15, 0.2) is 78.9 Å². The Hall–Kier alpha value is -3.05. The van der Waals surface area contributed by atoms with Gasteiger partial charge in [0.05, 0.1) is 11.6 Å². The fourth-order valence-electron chi connectivity index (χ4n) is 2.14. The highest BCUT2D eigenvalue weighted by Gasteiger charge is 2.06. The molecule has 21 heavy (non-hydrogen) atoms. The van der Waals surface area contributed by atoms with E-state index in [0.29, 0.717) is 5.56 Å². The molecule has 3 rings (SSSR count). The predicted octanol–water partition coefficient (Wildman–Crippen LogP) is 5.02. The van der Waals surface area contributed by atoms with Gasteiger partial charge < -0.3 is 4.74 Å². The molecular formula is C19H13NO. The summed E-state index contributed by atoms with van der Waals surface area (Å²) in [5, 5.41) is 8.82. The molecule has 0 radical (unpaired) electrons. The van der Waals surface area contributed by atoms with E-state index in [1.807, 2.05) is 42.5 Å². The topological polar surface area (TPSA) is 33.0 Å². The molecule has 3 aromatic rings. The maximum Gasteiger partial charge on any atom is 0.135 e. The predicted molar refractivity (Wildman–Crippen MR) is 83.1 cm³/mol. The van der Waals surface area contributed by atoms with Crippen molar-refractivity contribution >= 4 is 0 Å². The van der Waals surface area contributed by atoms with Crippen LogP contribution < -0.4 is 4.74 Å². The molecule has 0 aromatic heterocycles. The van der Waals surface area contributed by atoms with E-state index in [-0.39, 0.29) is 0 Å². The van der Waals surface area contributed by atoms with Crippen LogP contribution in [-0.4, -0.2) is 0 Å². The van der Waals surface area contributed by atoms with E-state index >= 15 is 0 Å². The molecule has 0 saturated carbocycles. The summed E-state index contributed by atoms with van der Waals surface area (Å²) in [5.74, 6) is 1.52. The number of ether oxygens (including phenoxy) is 1. The second kappa shape index (κ2) is 5.94. The molecule has 0 aliphatic carbocycles. The van der Waals surface area contributed by atoms with Crippen molar-refractivity contribution < 1.29 is 4.74 Å². The first-order chi connectivity index (χ1) is 10.4. The molecule has 0 N–H and O–H groups in total. The van der Waals surface area contributed by atoms with Crippen molar-refractivity contribution in [3.63, 3.8) is 0 Å². The van der Waals surface area contributed by atoms with Gasteiger partial charge >= 0.3 is 0 Å². The number of rotatable bonds is 3. The zero-order valence-corrected chi connectivity index (χ0v) is 11.4. The third-order valence-corrected chi connectivity index (χ3v) is 3.18. The Morgan fingerprint density at radius 2 is 1.38 bits per heavy atom. The zero-order valence-electron chi connectivity index (χ0n) is 11.4. The normalized spacial score (nSPS) is 9.86. The minimum atomic E-state index is 0.624. The Morgan fingerprint density at radius 1 is 0.714 bits per heavy atom. The van der Waals surface area contributed by atoms with Gasteiger partial charge in [0.1, 0.15) is 11.5 Å². The summed E-state index contributed by atoms with van der Waals surface area (Å²) in [5.41, 5.74) is 2.78. The van der Waals surface area contributed by atoms with E-state index < -0.39 is 0 Å². The quantitative estimate of drug-likeness (QED) is 0.670. The van der Waals surface area contributed by atoms with Gasteiger partial charge in [-0.15, -0.1) is 0 Å². The lowest BCUT2D eigenvalue weighted by Gasteiger charge is -2.11. The van der Waals surface area contributed by atoms with Crippen molar-refractivity contribution in [3.8, 4) is 28.7 Å². The highest BCUT2D eigenvalue weighted by atomic mass is 16.5. The molecule has 0 unspecified atom stereocenters. The maximum atomic E-state index is 8.82. The minimum absolute atomic E-state index is 0.624. The second-order valence-electron chi connectivity index (χ2n) is 4.60. The average molecular weight is 271 g/mol. The van der Waals surface area contributed by atoms with Crippen LogP contribution in [0.3, 0.4) is 0 Å². The van der Waals surface area contributed by atoms with Crippen LogP contribution in [0.4, 0.5) is 0 Å². The number of benzene rings is 3. The molecule has 0 heterocycles. The molecule has 2 heteroatoms. The van der Waals surface area contributed by atoms with Crippen LogP contribution in [0.2, 0.25) is 0 Å². The highest BCUT2D eigenvalue weighted by Crippen LogP contribution is 2.32. The molecule has 2 nitrogen and oxygen atoms in total. The highest BCUT2D eigenvalue weighted by molar-refractivity contribution is 5.70. The summed E-state index contributed by atoms with van der Waals surface area (Å²) in [6.45, 7) is 0. The second-order valence-corrected chi connectivity index (χ2v) is 4.60. The molecular weight excluding hydrogens is 258 g/mol. The molecule has 0 saturated heterocycles. The SMILES string of the molecule is N#Cc1ccc(Oc2ccccc2-c2ccccc2)cc1. The van der Waals surface area contributed by atoms with Gasteiger partial charge in [-0.05, 0) is 35.9 Å². The van der Waals surface area contributed by atoms with Gasteiger partial charge in [0.2, 0.25) is 0 Å². The minimum Gasteiger partial charge on any atom is -0.457 e. The average Bonchev–Trinajstić information content (AvgIpc) is 2.57. The van der Waals surface area contributed by atoms with Crippen LogP contribution in [0.5, 0.6) is 11.5 Å². The number of nitriles is 1. The van der Waals surface area contributed by atoms with Gasteiger partial charge in [-0.2, -0.15) is 5.26 Å². The summed E-state index contributed by atoms with van der Waals surface area (Å²) < 4.78 is 5.95. The van der Waals surface area contributed by atoms with Crippen molar-refractivity contribution in [2.24, 2.45) is 0 Å². The van der Waals surface area contributed by atoms with Gasteiger partial charge in [-0.25, -0.2) is 0 Å². The van der Waals surface area contributed by atoms with Gasteiger partial charge in [-0.3, -0.25) is 0 Å². The van der Waals surface area contributed by atoms with Gasteiger partial charge in [0, 0.05) is 5.56 Å². The molecule has 0 aliphatic heterocycles.